The molecule has 1 heterocycles. The summed E-state index contributed by atoms with van der Waals surface area (Å²) in [6.45, 7) is 2.33. The van der Waals surface area contributed by atoms with E-state index < -0.39 is 11.9 Å². The van der Waals surface area contributed by atoms with Crippen LogP contribution in [0.2, 0.25) is 0 Å². The first-order valence-electron chi connectivity index (χ1n) is 5.39. The second-order valence-electron chi connectivity index (χ2n) is 4.34. The number of carbonyl (C=O) groups is 3. The lowest BCUT2D eigenvalue weighted by molar-refractivity contribution is -0.142. The topological polar surface area (TPSA) is 81.5 Å². The quantitative estimate of drug-likeness (QED) is 0.485. The largest absolute Gasteiger partial charge is 0.330 e. The Morgan fingerprint density at radius 3 is 2.76 bits per heavy atom. The van der Waals surface area contributed by atoms with E-state index in [1.165, 1.54) is 11.9 Å². The Balaban J connectivity index is 2.62. The van der Waals surface area contributed by atoms with Crippen molar-refractivity contribution in [1.29, 1.82) is 5.26 Å². The van der Waals surface area contributed by atoms with Crippen LogP contribution in [0, 0.1) is 17.2 Å². The van der Waals surface area contributed by atoms with Crippen molar-refractivity contribution < 1.29 is 14.4 Å². The molecule has 2 atom stereocenters. The summed E-state index contributed by atoms with van der Waals surface area (Å²) >= 11 is 0. The van der Waals surface area contributed by atoms with E-state index in [1.807, 2.05) is 6.92 Å². The molecule has 1 aliphatic heterocycles. The molecular formula is C11H15N3O3. The van der Waals surface area contributed by atoms with Crippen LogP contribution in [0.25, 0.3) is 0 Å². The number of hydrogen-bond donors (Lipinski definition) is 0. The Morgan fingerprint density at radius 2 is 2.24 bits per heavy atom. The van der Waals surface area contributed by atoms with E-state index in [0.29, 0.717) is 13.0 Å². The minimum atomic E-state index is -0.737. The third-order valence-corrected chi connectivity index (χ3v) is 2.83. The van der Waals surface area contributed by atoms with Gasteiger partial charge in [0.15, 0.2) is 0 Å². The van der Waals surface area contributed by atoms with E-state index in [9.17, 15) is 14.4 Å². The summed E-state index contributed by atoms with van der Waals surface area (Å²) in [6, 6.07) is 1.65. The van der Waals surface area contributed by atoms with Crippen LogP contribution in [-0.4, -0.2) is 54.1 Å². The maximum absolute atomic E-state index is 11.9. The summed E-state index contributed by atoms with van der Waals surface area (Å²) in [7, 11) is 1.38. The molecule has 2 unspecified atom stereocenters. The molecule has 0 aromatic carbocycles. The molecule has 0 aromatic rings. The molecule has 0 N–H and O–H groups in total. The number of nitriles is 1. The van der Waals surface area contributed by atoms with Crippen LogP contribution < -0.4 is 0 Å². The SMILES string of the molecule is CC1CC(C#N)N(C(=O)CN(C)C(=O)C=O)C1. The van der Waals surface area contributed by atoms with Crippen molar-refractivity contribution in [3.63, 3.8) is 0 Å². The Bertz CT molecular complexity index is 375. The molecule has 6 nitrogen and oxygen atoms in total. The molecule has 0 saturated carbocycles. The fourth-order valence-corrected chi connectivity index (χ4v) is 1.91. The summed E-state index contributed by atoms with van der Waals surface area (Å²) in [5.41, 5.74) is 0. The standard InChI is InChI=1S/C11H15N3O3/c1-8-3-9(4-12)14(5-8)10(16)6-13(2)11(17)7-15/h7-9H,3,5-6H2,1-2H3. The van der Waals surface area contributed by atoms with E-state index in [2.05, 4.69) is 6.07 Å². The van der Waals surface area contributed by atoms with Crippen molar-refractivity contribution in [2.75, 3.05) is 20.1 Å². The van der Waals surface area contributed by atoms with Crippen LogP contribution in [0.5, 0.6) is 0 Å². The second kappa shape index (κ2) is 5.43. The predicted molar refractivity (Wildman–Crippen MR) is 58.6 cm³/mol. The molecule has 1 fully saturated rings. The molecule has 0 bridgehead atoms. The first-order chi connectivity index (χ1) is 7.99. The average molecular weight is 237 g/mol. The average Bonchev–Trinajstić information content (AvgIpc) is 2.69. The summed E-state index contributed by atoms with van der Waals surface area (Å²) < 4.78 is 0. The smallest absolute Gasteiger partial charge is 0.286 e. The zero-order valence-corrected chi connectivity index (χ0v) is 9.92. The highest BCUT2D eigenvalue weighted by molar-refractivity contribution is 6.23. The third-order valence-electron chi connectivity index (χ3n) is 2.83. The molecule has 1 rings (SSSR count). The van der Waals surface area contributed by atoms with Crippen molar-refractivity contribution in [2.45, 2.75) is 19.4 Å². The van der Waals surface area contributed by atoms with E-state index >= 15 is 0 Å². The Kier molecular flexibility index (Phi) is 4.21. The van der Waals surface area contributed by atoms with Crippen LogP contribution in [-0.2, 0) is 14.4 Å². The highest BCUT2D eigenvalue weighted by Gasteiger charge is 2.33. The first kappa shape index (κ1) is 13.2. The summed E-state index contributed by atoms with van der Waals surface area (Å²) in [5.74, 6) is -0.742. The van der Waals surface area contributed by atoms with Crippen molar-refractivity contribution >= 4 is 18.1 Å². The van der Waals surface area contributed by atoms with Crippen LogP contribution in [0.3, 0.4) is 0 Å². The highest BCUT2D eigenvalue weighted by Crippen LogP contribution is 2.22. The summed E-state index contributed by atoms with van der Waals surface area (Å²) in [4.78, 5) is 35.6. The van der Waals surface area contributed by atoms with Gasteiger partial charge in [-0.2, -0.15) is 5.26 Å². The summed E-state index contributed by atoms with van der Waals surface area (Å²) in [6.07, 6.45) is 0.829. The van der Waals surface area contributed by atoms with Gasteiger partial charge in [0.2, 0.25) is 12.2 Å². The van der Waals surface area contributed by atoms with E-state index in [1.54, 1.807) is 0 Å². The van der Waals surface area contributed by atoms with E-state index in [0.717, 1.165) is 4.90 Å². The number of amides is 2. The van der Waals surface area contributed by atoms with E-state index in [4.69, 9.17) is 5.26 Å². The van der Waals surface area contributed by atoms with Gasteiger partial charge in [-0.15, -0.1) is 0 Å². The molecule has 0 radical (unpaired) electrons. The normalized spacial score (nSPS) is 23.0. The van der Waals surface area contributed by atoms with Crippen molar-refractivity contribution in [1.82, 2.24) is 9.80 Å². The molecule has 2 amide bonds. The number of nitrogens with zero attached hydrogens (tertiary/aromatic N) is 3. The van der Waals surface area contributed by atoms with Crippen molar-refractivity contribution in [3.05, 3.63) is 0 Å². The van der Waals surface area contributed by atoms with Gasteiger partial charge in [-0.05, 0) is 12.3 Å². The molecule has 17 heavy (non-hydrogen) atoms. The number of likely N-dealkylation sites (N-methyl/N-ethyl adjacent to an activating group) is 1. The second-order valence-corrected chi connectivity index (χ2v) is 4.34. The van der Waals surface area contributed by atoms with Gasteiger partial charge in [-0.25, -0.2) is 0 Å². The minimum Gasteiger partial charge on any atom is -0.330 e. The number of likely N-dealkylation sites (tertiary alicyclic amines) is 1. The van der Waals surface area contributed by atoms with Crippen molar-refractivity contribution in [3.8, 4) is 6.07 Å². The maximum Gasteiger partial charge on any atom is 0.286 e. The van der Waals surface area contributed by atoms with Gasteiger partial charge in [0.1, 0.15) is 6.04 Å². The predicted octanol–water partition coefficient (Wildman–Crippen LogP) is -0.596. The zero-order chi connectivity index (χ0) is 13.0. The monoisotopic (exact) mass is 237 g/mol. The molecular weight excluding hydrogens is 222 g/mol. The van der Waals surface area contributed by atoms with Crippen LogP contribution in [0.4, 0.5) is 0 Å². The molecule has 0 aromatic heterocycles. The maximum atomic E-state index is 11.9. The Labute approximate surface area is 99.8 Å². The van der Waals surface area contributed by atoms with Gasteiger partial charge in [0.25, 0.3) is 5.91 Å². The number of aldehydes is 1. The van der Waals surface area contributed by atoms with Gasteiger partial charge in [0.05, 0.1) is 12.6 Å². The van der Waals surface area contributed by atoms with Crippen molar-refractivity contribution in [2.24, 2.45) is 5.92 Å². The lowest BCUT2D eigenvalue weighted by Crippen LogP contribution is -2.43. The van der Waals surface area contributed by atoms with Gasteiger partial charge >= 0.3 is 0 Å². The van der Waals surface area contributed by atoms with E-state index in [-0.39, 0.29) is 24.7 Å². The number of hydrogen-bond acceptors (Lipinski definition) is 4. The number of carbonyl (C=O) groups excluding carboxylic acids is 3. The van der Waals surface area contributed by atoms with Crippen LogP contribution >= 0.6 is 0 Å². The van der Waals surface area contributed by atoms with Gasteiger partial charge in [-0.1, -0.05) is 6.92 Å². The molecule has 0 spiro atoms. The molecule has 1 aliphatic rings. The fraction of sp³-hybridized carbons (Fsp3) is 0.636. The van der Waals surface area contributed by atoms with Crippen LogP contribution in [0.15, 0.2) is 0 Å². The Hall–Kier alpha value is -1.90. The summed E-state index contributed by atoms with van der Waals surface area (Å²) in [5, 5.41) is 8.91. The van der Waals surface area contributed by atoms with Gasteiger partial charge in [0, 0.05) is 13.6 Å². The third kappa shape index (κ3) is 3.03. The minimum absolute atomic E-state index is 0.164. The molecule has 0 aliphatic carbocycles. The van der Waals surface area contributed by atoms with Gasteiger partial charge in [-0.3, -0.25) is 14.4 Å². The van der Waals surface area contributed by atoms with Gasteiger partial charge < -0.3 is 9.80 Å². The first-order valence-corrected chi connectivity index (χ1v) is 5.39. The molecule has 6 heteroatoms. The Morgan fingerprint density at radius 1 is 1.59 bits per heavy atom. The lowest BCUT2D eigenvalue weighted by atomic mass is 10.1. The van der Waals surface area contributed by atoms with Crippen LogP contribution in [0.1, 0.15) is 13.3 Å². The zero-order valence-electron chi connectivity index (χ0n) is 9.92. The fourth-order valence-electron chi connectivity index (χ4n) is 1.91. The number of rotatable bonds is 3. The molecule has 92 valence electrons. The lowest BCUT2D eigenvalue weighted by Gasteiger charge is -2.22. The highest BCUT2D eigenvalue weighted by atomic mass is 16.2. The molecule has 1 saturated heterocycles.